The van der Waals surface area contributed by atoms with Gasteiger partial charge in [-0.25, -0.2) is 0 Å². The average molecular weight is 407 g/mol. The lowest BCUT2D eigenvalue weighted by atomic mass is 10.1. The van der Waals surface area contributed by atoms with Gasteiger partial charge in [0.2, 0.25) is 5.91 Å². The van der Waals surface area contributed by atoms with Gasteiger partial charge in [-0.3, -0.25) is 10.1 Å². The van der Waals surface area contributed by atoms with Gasteiger partial charge in [-0.2, -0.15) is 0 Å². The number of hydrogen-bond donors (Lipinski definition) is 2. The molecule has 5 nitrogen and oxygen atoms in total. The molecule has 0 spiro atoms. The van der Waals surface area contributed by atoms with Crippen LogP contribution in [0.25, 0.3) is 10.8 Å². The molecule has 0 saturated carbocycles. The summed E-state index contributed by atoms with van der Waals surface area (Å²) in [6, 6.07) is 19.5. The molecule has 1 amide bonds. The molecule has 0 aliphatic carbocycles. The van der Waals surface area contributed by atoms with Crippen LogP contribution < -0.4 is 20.1 Å². The molecule has 0 aromatic heterocycles. The number of amides is 1. The smallest absolute Gasteiger partial charge is 0.241 e. The van der Waals surface area contributed by atoms with Crippen LogP contribution in [-0.2, 0) is 4.79 Å². The van der Waals surface area contributed by atoms with Crippen LogP contribution in [-0.4, -0.2) is 25.2 Å². The summed E-state index contributed by atoms with van der Waals surface area (Å²) in [6.07, 6.45) is 0. The summed E-state index contributed by atoms with van der Waals surface area (Å²) >= 11 is 0. The number of rotatable bonds is 9. The SMILES string of the molecule is CCOc1ccc([C@@H](C)N[C@@H](C)C(=O)Nc2ccc3ccccc3c2)cc1OCC. The number of carbonyl (C=O) groups is 1. The first-order chi connectivity index (χ1) is 14.5. The topological polar surface area (TPSA) is 59.6 Å². The Hall–Kier alpha value is -3.05. The van der Waals surface area contributed by atoms with E-state index in [1.165, 1.54) is 0 Å². The van der Waals surface area contributed by atoms with Crippen LogP contribution in [0.4, 0.5) is 5.69 Å². The summed E-state index contributed by atoms with van der Waals surface area (Å²) < 4.78 is 11.3. The highest BCUT2D eigenvalue weighted by Crippen LogP contribution is 2.31. The van der Waals surface area contributed by atoms with Crippen molar-refractivity contribution >= 4 is 22.4 Å². The van der Waals surface area contributed by atoms with Crippen molar-refractivity contribution in [3.63, 3.8) is 0 Å². The van der Waals surface area contributed by atoms with E-state index in [0.717, 1.165) is 33.5 Å². The molecule has 0 saturated heterocycles. The average Bonchev–Trinajstić information content (AvgIpc) is 2.75. The zero-order valence-corrected chi connectivity index (χ0v) is 18.1. The number of benzene rings is 3. The number of fused-ring (bicyclic) bond motifs is 1. The third-order valence-corrected chi connectivity index (χ3v) is 4.98. The molecule has 3 rings (SSSR count). The van der Waals surface area contributed by atoms with Crippen molar-refractivity contribution in [1.29, 1.82) is 0 Å². The Bertz CT molecular complexity index is 1000. The molecule has 3 aromatic carbocycles. The van der Waals surface area contributed by atoms with Crippen molar-refractivity contribution in [2.45, 2.75) is 39.8 Å². The minimum atomic E-state index is -0.367. The van der Waals surface area contributed by atoms with E-state index in [9.17, 15) is 4.79 Å². The van der Waals surface area contributed by atoms with E-state index in [2.05, 4.69) is 16.7 Å². The first-order valence-electron chi connectivity index (χ1n) is 10.5. The van der Waals surface area contributed by atoms with Gasteiger partial charge >= 0.3 is 0 Å². The van der Waals surface area contributed by atoms with E-state index in [1.807, 2.05) is 82.3 Å². The summed E-state index contributed by atoms with van der Waals surface area (Å²) in [4.78, 5) is 12.7. The molecular formula is C25H30N2O3. The third-order valence-electron chi connectivity index (χ3n) is 4.98. The first kappa shape index (κ1) is 21.7. The minimum Gasteiger partial charge on any atom is -0.490 e. The van der Waals surface area contributed by atoms with Crippen molar-refractivity contribution in [2.24, 2.45) is 0 Å². The molecule has 3 aromatic rings. The third kappa shape index (κ3) is 5.30. The fourth-order valence-electron chi connectivity index (χ4n) is 3.40. The van der Waals surface area contributed by atoms with Gasteiger partial charge < -0.3 is 14.8 Å². The molecule has 158 valence electrons. The van der Waals surface area contributed by atoms with E-state index < -0.39 is 0 Å². The summed E-state index contributed by atoms with van der Waals surface area (Å²) in [6.45, 7) is 8.94. The highest BCUT2D eigenvalue weighted by Gasteiger charge is 2.18. The van der Waals surface area contributed by atoms with Crippen molar-refractivity contribution in [2.75, 3.05) is 18.5 Å². The van der Waals surface area contributed by atoms with Crippen molar-refractivity contribution < 1.29 is 14.3 Å². The van der Waals surface area contributed by atoms with Gasteiger partial charge in [-0.05, 0) is 68.3 Å². The zero-order chi connectivity index (χ0) is 21.5. The maximum atomic E-state index is 12.7. The van der Waals surface area contributed by atoms with Crippen LogP contribution in [0, 0.1) is 0 Å². The minimum absolute atomic E-state index is 0.0303. The molecule has 0 aliphatic heterocycles. The van der Waals surface area contributed by atoms with Gasteiger partial charge in [0.05, 0.1) is 19.3 Å². The Morgan fingerprint density at radius 3 is 2.30 bits per heavy atom. The highest BCUT2D eigenvalue weighted by atomic mass is 16.5. The fraction of sp³-hybridized carbons (Fsp3) is 0.320. The molecule has 0 unspecified atom stereocenters. The van der Waals surface area contributed by atoms with Gasteiger partial charge in [0, 0.05) is 11.7 Å². The second kappa shape index (κ2) is 10.1. The van der Waals surface area contributed by atoms with E-state index in [1.54, 1.807) is 0 Å². The molecule has 2 N–H and O–H groups in total. The molecule has 0 aliphatic rings. The lowest BCUT2D eigenvalue weighted by Crippen LogP contribution is -2.39. The number of nitrogens with one attached hydrogen (secondary N) is 2. The maximum Gasteiger partial charge on any atom is 0.241 e. The highest BCUT2D eigenvalue weighted by molar-refractivity contribution is 5.97. The standard InChI is InChI=1S/C25H30N2O3/c1-5-29-23-14-12-20(16-24(23)30-6-2)17(3)26-18(4)25(28)27-22-13-11-19-9-7-8-10-21(19)15-22/h7-18,26H,5-6H2,1-4H3,(H,27,28)/t17-,18+/m1/s1. The second-order valence-electron chi connectivity index (χ2n) is 7.23. The predicted molar refractivity (Wildman–Crippen MR) is 122 cm³/mol. The van der Waals surface area contributed by atoms with E-state index in [-0.39, 0.29) is 18.0 Å². The largest absolute Gasteiger partial charge is 0.490 e. The number of hydrogen-bond acceptors (Lipinski definition) is 4. The van der Waals surface area contributed by atoms with Crippen LogP contribution in [0.3, 0.4) is 0 Å². The molecule has 0 fully saturated rings. The number of ether oxygens (including phenoxy) is 2. The van der Waals surface area contributed by atoms with Crippen molar-refractivity contribution in [1.82, 2.24) is 5.32 Å². The van der Waals surface area contributed by atoms with E-state index in [0.29, 0.717) is 13.2 Å². The van der Waals surface area contributed by atoms with E-state index in [4.69, 9.17) is 9.47 Å². The van der Waals surface area contributed by atoms with Gasteiger partial charge in [0.15, 0.2) is 11.5 Å². The zero-order valence-electron chi connectivity index (χ0n) is 18.1. The monoisotopic (exact) mass is 406 g/mol. The summed E-state index contributed by atoms with van der Waals surface area (Å²) in [5, 5.41) is 8.62. The Balaban J connectivity index is 1.65. The molecular weight excluding hydrogens is 376 g/mol. The van der Waals surface area contributed by atoms with E-state index >= 15 is 0 Å². The first-order valence-corrected chi connectivity index (χ1v) is 10.5. The van der Waals surface area contributed by atoms with Crippen LogP contribution in [0.2, 0.25) is 0 Å². The Morgan fingerprint density at radius 2 is 1.57 bits per heavy atom. The van der Waals surface area contributed by atoms with Crippen molar-refractivity contribution in [3.8, 4) is 11.5 Å². The van der Waals surface area contributed by atoms with Gasteiger partial charge in [-0.15, -0.1) is 0 Å². The normalized spacial score (nSPS) is 12.9. The fourth-order valence-corrected chi connectivity index (χ4v) is 3.40. The summed E-state index contributed by atoms with van der Waals surface area (Å²) in [5.41, 5.74) is 1.83. The molecule has 0 heterocycles. The lowest BCUT2D eigenvalue weighted by Gasteiger charge is -2.21. The van der Waals surface area contributed by atoms with Crippen LogP contribution in [0.1, 0.15) is 39.3 Å². The number of carbonyl (C=O) groups excluding carboxylic acids is 1. The van der Waals surface area contributed by atoms with Crippen LogP contribution in [0.5, 0.6) is 11.5 Å². The van der Waals surface area contributed by atoms with Crippen LogP contribution in [0.15, 0.2) is 60.7 Å². The summed E-state index contributed by atoms with van der Waals surface area (Å²) in [5.74, 6) is 1.38. The second-order valence-corrected chi connectivity index (χ2v) is 7.23. The Labute approximate surface area is 178 Å². The van der Waals surface area contributed by atoms with Crippen LogP contribution >= 0.6 is 0 Å². The molecule has 2 atom stereocenters. The predicted octanol–water partition coefficient (Wildman–Crippen LogP) is 5.32. The van der Waals surface area contributed by atoms with Gasteiger partial charge in [0.25, 0.3) is 0 Å². The maximum absolute atomic E-state index is 12.7. The number of anilines is 1. The molecule has 5 heteroatoms. The molecule has 0 bridgehead atoms. The molecule has 0 radical (unpaired) electrons. The Morgan fingerprint density at radius 1 is 0.867 bits per heavy atom. The summed E-state index contributed by atoms with van der Waals surface area (Å²) in [7, 11) is 0. The van der Waals surface area contributed by atoms with Gasteiger partial charge in [-0.1, -0.05) is 36.4 Å². The lowest BCUT2D eigenvalue weighted by molar-refractivity contribution is -0.117. The van der Waals surface area contributed by atoms with Crippen molar-refractivity contribution in [3.05, 3.63) is 66.2 Å². The molecule has 30 heavy (non-hydrogen) atoms. The Kier molecular flexibility index (Phi) is 7.31. The van der Waals surface area contributed by atoms with Gasteiger partial charge in [0.1, 0.15) is 0 Å². The quantitative estimate of drug-likeness (QED) is 0.505.